The average molecular weight is 680 g/mol. The number of benzene rings is 1. The Morgan fingerprint density at radius 1 is 1.04 bits per heavy atom. The summed E-state index contributed by atoms with van der Waals surface area (Å²) in [5.74, 6) is 0.984. The van der Waals surface area contributed by atoms with Crippen LogP contribution in [-0.4, -0.2) is 78.7 Å². The van der Waals surface area contributed by atoms with Crippen LogP contribution in [0.15, 0.2) is 24.3 Å². The van der Waals surface area contributed by atoms with Gasteiger partial charge >= 0.3 is 5.97 Å². The van der Waals surface area contributed by atoms with Crippen LogP contribution in [0.25, 0.3) is 5.65 Å². The maximum Gasteiger partial charge on any atom is 0.308 e. The second-order valence-corrected chi connectivity index (χ2v) is 15.1. The molecule has 1 aromatic carbocycles. The fourth-order valence-electron chi connectivity index (χ4n) is 6.49. The molecule has 272 valence electrons. The maximum atomic E-state index is 11.9. The number of aromatic nitrogens is 3. The van der Waals surface area contributed by atoms with Gasteiger partial charge in [-0.2, -0.15) is 9.61 Å². The van der Waals surface area contributed by atoms with Gasteiger partial charge in [0, 0.05) is 61.7 Å². The third-order valence-corrected chi connectivity index (χ3v) is 9.19. The molecule has 0 spiro atoms. The van der Waals surface area contributed by atoms with Crippen LogP contribution >= 0.6 is 0 Å². The van der Waals surface area contributed by atoms with Crippen molar-refractivity contribution in [2.75, 3.05) is 24.6 Å². The number of carboxylic acid groups (broad SMARTS) is 1. The van der Waals surface area contributed by atoms with Crippen molar-refractivity contribution in [2.45, 2.75) is 150 Å². The molecular formula is C39H61N5O5. The first-order chi connectivity index (χ1) is 23.2. The molecule has 2 aromatic heterocycles. The highest BCUT2D eigenvalue weighted by molar-refractivity contribution is 5.74. The van der Waals surface area contributed by atoms with Gasteiger partial charge in [0.05, 0.1) is 29.4 Å². The van der Waals surface area contributed by atoms with E-state index in [1.54, 1.807) is 20.8 Å². The summed E-state index contributed by atoms with van der Waals surface area (Å²) in [4.78, 5) is 21.6. The highest BCUT2D eigenvalue weighted by Gasteiger charge is 2.34. The standard InChI is InChI=1S/C33H45N5O4.C4H10O.C2H6/c1-22-8-9-25-20-37(27-10-11-27)21-26-18-30-34-24(3)28(19-31(39)40)32(38(30)35-26)36-14-12-33(4,13-15-36)41-16-6-5-7-23(2)42-29(25)17-22;1-4(2,3)5;1-2/h8-9,17-18,23,27H,5-7,10-16,19-21H2,1-4H3,(H,39,40);5H,1-3H3;1-2H3. The quantitative estimate of drug-likeness (QED) is 0.295. The number of fused-ring (bicyclic) bond motifs is 10. The van der Waals surface area contributed by atoms with Crippen molar-refractivity contribution in [2.24, 2.45) is 0 Å². The van der Waals surface area contributed by atoms with Crippen LogP contribution in [0.5, 0.6) is 5.75 Å². The number of rotatable bonds is 3. The van der Waals surface area contributed by atoms with Crippen molar-refractivity contribution < 1.29 is 24.5 Å². The van der Waals surface area contributed by atoms with Crippen LogP contribution in [0.4, 0.5) is 5.82 Å². The van der Waals surface area contributed by atoms with E-state index in [9.17, 15) is 9.90 Å². The number of nitrogens with zero attached hydrogens (tertiary/aromatic N) is 5. The van der Waals surface area contributed by atoms with E-state index < -0.39 is 11.6 Å². The fourth-order valence-corrected chi connectivity index (χ4v) is 6.49. The molecule has 1 saturated carbocycles. The number of piperidine rings is 1. The lowest BCUT2D eigenvalue weighted by Crippen LogP contribution is -2.45. The molecule has 3 aliphatic heterocycles. The molecule has 3 aromatic rings. The SMILES string of the molecule is CC.CC(C)(C)O.Cc1ccc2c(c1)OC(C)CCCCOC1(C)CCN(CC1)c1c(CC(=O)O)c(C)nc3cc(nn13)CN(C1CC1)C2. The first-order valence-corrected chi connectivity index (χ1v) is 18.4. The van der Waals surface area contributed by atoms with Gasteiger partial charge in [0.15, 0.2) is 5.65 Å². The monoisotopic (exact) mass is 679 g/mol. The van der Waals surface area contributed by atoms with Crippen molar-refractivity contribution in [3.05, 3.63) is 52.3 Å². The normalized spacial score (nSPS) is 22.3. The average Bonchev–Trinajstić information content (AvgIpc) is 3.79. The Morgan fingerprint density at radius 2 is 1.71 bits per heavy atom. The van der Waals surface area contributed by atoms with E-state index in [0.29, 0.717) is 12.6 Å². The molecular weight excluding hydrogens is 618 g/mol. The lowest BCUT2D eigenvalue weighted by atomic mass is 9.92. The van der Waals surface area contributed by atoms with Crippen molar-refractivity contribution >= 4 is 17.4 Å². The second kappa shape index (κ2) is 16.7. The molecule has 1 atom stereocenters. The Hall–Kier alpha value is -3.21. The number of carbonyl (C=O) groups is 1. The largest absolute Gasteiger partial charge is 0.490 e. The summed E-state index contributed by atoms with van der Waals surface area (Å²) < 4.78 is 14.9. The third kappa shape index (κ3) is 11.1. The number of aliphatic hydroxyl groups is 1. The van der Waals surface area contributed by atoms with E-state index in [2.05, 4.69) is 54.8 Å². The summed E-state index contributed by atoms with van der Waals surface area (Å²) in [6, 6.07) is 9.15. The van der Waals surface area contributed by atoms with Crippen LogP contribution in [0.3, 0.4) is 0 Å². The predicted molar refractivity (Wildman–Crippen MR) is 196 cm³/mol. The Bertz CT molecular complexity index is 1530. The molecule has 4 bridgehead atoms. The lowest BCUT2D eigenvalue weighted by molar-refractivity contribution is -0.136. The summed E-state index contributed by atoms with van der Waals surface area (Å²) in [6.45, 7) is 21.5. The minimum Gasteiger partial charge on any atom is -0.490 e. The van der Waals surface area contributed by atoms with Crippen LogP contribution in [0.2, 0.25) is 0 Å². The van der Waals surface area contributed by atoms with Gasteiger partial charge in [-0.15, -0.1) is 0 Å². The molecule has 0 amide bonds. The second-order valence-electron chi connectivity index (χ2n) is 15.1. The van der Waals surface area contributed by atoms with Crippen LogP contribution < -0.4 is 9.64 Å². The van der Waals surface area contributed by atoms with E-state index >= 15 is 0 Å². The summed E-state index contributed by atoms with van der Waals surface area (Å²) >= 11 is 0. The molecule has 1 unspecified atom stereocenters. The molecule has 2 N–H and O–H groups in total. The van der Waals surface area contributed by atoms with Crippen molar-refractivity contribution in [1.82, 2.24) is 19.5 Å². The molecule has 10 heteroatoms. The van der Waals surface area contributed by atoms with Crippen LogP contribution in [-0.2, 0) is 29.0 Å². The van der Waals surface area contributed by atoms with E-state index in [1.165, 1.54) is 24.0 Å². The molecule has 10 nitrogen and oxygen atoms in total. The Morgan fingerprint density at radius 3 is 2.35 bits per heavy atom. The van der Waals surface area contributed by atoms with Crippen molar-refractivity contribution in [3.8, 4) is 5.75 Å². The third-order valence-electron chi connectivity index (χ3n) is 9.19. The topological polar surface area (TPSA) is 113 Å². The predicted octanol–water partition coefficient (Wildman–Crippen LogP) is 7.27. The molecule has 2 fully saturated rings. The first-order valence-electron chi connectivity index (χ1n) is 18.4. The van der Waals surface area contributed by atoms with Gasteiger partial charge in [-0.25, -0.2) is 4.98 Å². The van der Waals surface area contributed by atoms with Gasteiger partial charge in [0.2, 0.25) is 0 Å². The number of aryl methyl sites for hydroxylation is 2. The first kappa shape index (κ1) is 38.6. The molecule has 1 aliphatic carbocycles. The summed E-state index contributed by atoms with van der Waals surface area (Å²) in [6.07, 6.45) is 7.24. The van der Waals surface area contributed by atoms with E-state index in [4.69, 9.17) is 24.7 Å². The number of hydrogen-bond acceptors (Lipinski definition) is 8. The van der Waals surface area contributed by atoms with Gasteiger partial charge in [-0.05, 0) is 105 Å². The lowest BCUT2D eigenvalue weighted by Gasteiger charge is -2.41. The fraction of sp³-hybridized carbons (Fsp3) is 0.667. The minimum atomic E-state index is -0.857. The van der Waals surface area contributed by atoms with Gasteiger partial charge in [-0.3, -0.25) is 9.69 Å². The van der Waals surface area contributed by atoms with Gasteiger partial charge in [0.25, 0.3) is 0 Å². The number of carboxylic acids is 1. The molecule has 0 radical (unpaired) electrons. The van der Waals surface area contributed by atoms with E-state index in [1.807, 2.05) is 25.3 Å². The number of hydrogen-bond donors (Lipinski definition) is 2. The van der Waals surface area contributed by atoms with E-state index in [-0.39, 0.29) is 18.1 Å². The Kier molecular flexibility index (Phi) is 13.1. The Balaban J connectivity index is 0.000000710. The van der Waals surface area contributed by atoms with Crippen molar-refractivity contribution in [1.29, 1.82) is 0 Å². The van der Waals surface area contributed by atoms with Crippen LogP contribution in [0.1, 0.15) is 121 Å². The number of anilines is 1. The zero-order valence-electron chi connectivity index (χ0n) is 31.5. The van der Waals surface area contributed by atoms with E-state index in [0.717, 1.165) is 92.5 Å². The molecule has 49 heavy (non-hydrogen) atoms. The number of ether oxygens (including phenoxy) is 2. The van der Waals surface area contributed by atoms with Crippen molar-refractivity contribution in [3.63, 3.8) is 0 Å². The molecule has 1 saturated heterocycles. The van der Waals surface area contributed by atoms with Gasteiger partial charge in [0.1, 0.15) is 11.6 Å². The molecule has 4 aliphatic rings. The maximum absolute atomic E-state index is 11.9. The van der Waals surface area contributed by atoms with Crippen LogP contribution in [0, 0.1) is 13.8 Å². The minimum absolute atomic E-state index is 0.0770. The number of aliphatic carboxylic acids is 1. The zero-order chi connectivity index (χ0) is 35.9. The Labute approximate surface area is 293 Å². The van der Waals surface area contributed by atoms with Gasteiger partial charge in [-0.1, -0.05) is 26.0 Å². The summed E-state index contributed by atoms with van der Waals surface area (Å²) in [7, 11) is 0. The summed E-state index contributed by atoms with van der Waals surface area (Å²) in [5, 5.41) is 23.4. The van der Waals surface area contributed by atoms with Gasteiger partial charge < -0.3 is 24.6 Å². The molecule has 7 rings (SSSR count). The summed E-state index contributed by atoms with van der Waals surface area (Å²) in [5.41, 5.74) is 4.93. The highest BCUT2D eigenvalue weighted by Crippen LogP contribution is 2.35. The zero-order valence-corrected chi connectivity index (χ0v) is 31.5. The molecule has 5 heterocycles. The smallest absolute Gasteiger partial charge is 0.308 e. The highest BCUT2D eigenvalue weighted by atomic mass is 16.5.